The lowest BCUT2D eigenvalue weighted by molar-refractivity contribution is 0.0878. The van der Waals surface area contributed by atoms with Crippen molar-refractivity contribution in [1.29, 1.82) is 0 Å². The molecule has 0 spiro atoms. The van der Waals surface area contributed by atoms with E-state index in [0.717, 1.165) is 30.8 Å². The number of benzene rings is 1. The zero-order chi connectivity index (χ0) is 16.9. The van der Waals surface area contributed by atoms with Crippen LogP contribution in [0.3, 0.4) is 0 Å². The first-order valence-corrected chi connectivity index (χ1v) is 8.27. The van der Waals surface area contributed by atoms with E-state index >= 15 is 0 Å². The van der Waals surface area contributed by atoms with E-state index < -0.39 is 6.10 Å². The molecule has 7 nitrogen and oxygen atoms in total. The number of hydrogen-bond donors (Lipinski definition) is 2. The van der Waals surface area contributed by atoms with Gasteiger partial charge in [-0.2, -0.15) is 0 Å². The van der Waals surface area contributed by atoms with Crippen molar-refractivity contribution in [2.75, 3.05) is 13.2 Å². The minimum absolute atomic E-state index is 0.00413. The van der Waals surface area contributed by atoms with Gasteiger partial charge < -0.3 is 20.3 Å². The summed E-state index contributed by atoms with van der Waals surface area (Å²) in [5.41, 5.74) is 7.89. The highest BCUT2D eigenvalue weighted by Crippen LogP contribution is 2.23. The van der Waals surface area contributed by atoms with Crippen molar-refractivity contribution in [3.05, 3.63) is 41.7 Å². The molecule has 0 amide bonds. The van der Waals surface area contributed by atoms with E-state index in [1.807, 2.05) is 31.2 Å². The summed E-state index contributed by atoms with van der Waals surface area (Å²) in [7, 11) is 0. The van der Waals surface area contributed by atoms with E-state index in [4.69, 9.17) is 15.2 Å². The second kappa shape index (κ2) is 7.74. The minimum atomic E-state index is -0.682. The molecule has 2 heterocycles. The summed E-state index contributed by atoms with van der Waals surface area (Å²) in [6.07, 6.45) is 3.06. The lowest BCUT2D eigenvalue weighted by Gasteiger charge is -2.15. The van der Waals surface area contributed by atoms with Gasteiger partial charge in [-0.15, -0.1) is 5.10 Å². The van der Waals surface area contributed by atoms with Crippen LogP contribution in [-0.4, -0.2) is 45.5 Å². The molecular formula is C17H24N4O3. The third kappa shape index (κ3) is 4.11. The van der Waals surface area contributed by atoms with Crippen LogP contribution >= 0.6 is 0 Å². The van der Waals surface area contributed by atoms with Gasteiger partial charge in [0.05, 0.1) is 24.9 Å². The Balaban J connectivity index is 1.51. The lowest BCUT2D eigenvalue weighted by Crippen LogP contribution is -2.26. The number of aromatic nitrogens is 3. The Morgan fingerprint density at radius 1 is 1.46 bits per heavy atom. The topological polar surface area (TPSA) is 95.4 Å². The number of nitrogens with zero attached hydrogens (tertiary/aromatic N) is 3. The normalized spacial score (nSPS) is 20.0. The summed E-state index contributed by atoms with van der Waals surface area (Å²) in [5, 5.41) is 18.3. The zero-order valence-corrected chi connectivity index (χ0v) is 13.8. The van der Waals surface area contributed by atoms with Gasteiger partial charge in [0, 0.05) is 6.61 Å². The molecule has 1 aliphatic rings. The summed E-state index contributed by atoms with van der Waals surface area (Å²) in [4.78, 5) is 0. The molecule has 3 rings (SSSR count). The predicted octanol–water partition coefficient (Wildman–Crippen LogP) is 1.21. The van der Waals surface area contributed by atoms with E-state index in [9.17, 15) is 5.11 Å². The molecule has 1 saturated heterocycles. The number of aliphatic hydroxyl groups excluding tert-OH is 1. The SMILES string of the molecule is Cc1ccccc1OCC(O)Cn1cc(C(N)C2CCCO2)nn1. The van der Waals surface area contributed by atoms with Gasteiger partial charge in [0.15, 0.2) is 0 Å². The Hall–Kier alpha value is -1.96. The summed E-state index contributed by atoms with van der Waals surface area (Å²) < 4.78 is 12.8. The average molecular weight is 332 g/mol. The molecule has 1 aliphatic heterocycles. The molecule has 0 radical (unpaired) electrons. The summed E-state index contributed by atoms with van der Waals surface area (Å²) >= 11 is 0. The monoisotopic (exact) mass is 332 g/mol. The third-order valence-electron chi connectivity index (χ3n) is 4.19. The second-order valence-corrected chi connectivity index (χ2v) is 6.17. The Kier molecular flexibility index (Phi) is 5.44. The summed E-state index contributed by atoms with van der Waals surface area (Å²) in [6, 6.07) is 7.44. The Labute approximate surface area is 141 Å². The van der Waals surface area contributed by atoms with Crippen LogP contribution in [0.15, 0.2) is 30.5 Å². The largest absolute Gasteiger partial charge is 0.491 e. The van der Waals surface area contributed by atoms with Crippen molar-refractivity contribution in [1.82, 2.24) is 15.0 Å². The van der Waals surface area contributed by atoms with Crippen LogP contribution in [0.4, 0.5) is 0 Å². The molecule has 7 heteroatoms. The van der Waals surface area contributed by atoms with Gasteiger partial charge in [-0.3, -0.25) is 0 Å². The fourth-order valence-electron chi connectivity index (χ4n) is 2.80. The van der Waals surface area contributed by atoms with Crippen LogP contribution in [-0.2, 0) is 11.3 Å². The molecule has 3 N–H and O–H groups in total. The first-order chi connectivity index (χ1) is 11.6. The lowest BCUT2D eigenvalue weighted by atomic mass is 10.1. The van der Waals surface area contributed by atoms with Gasteiger partial charge in [-0.05, 0) is 31.4 Å². The molecule has 0 saturated carbocycles. The number of hydrogen-bond acceptors (Lipinski definition) is 6. The van der Waals surface area contributed by atoms with Crippen LogP contribution in [0.1, 0.15) is 30.1 Å². The third-order valence-corrected chi connectivity index (χ3v) is 4.19. The minimum Gasteiger partial charge on any atom is -0.491 e. The zero-order valence-electron chi connectivity index (χ0n) is 13.8. The van der Waals surface area contributed by atoms with Crippen LogP contribution in [0.25, 0.3) is 0 Å². The first kappa shape index (κ1) is 16.9. The maximum Gasteiger partial charge on any atom is 0.122 e. The first-order valence-electron chi connectivity index (χ1n) is 8.27. The summed E-state index contributed by atoms with van der Waals surface area (Å²) in [6.45, 7) is 3.22. The molecule has 2 aromatic rings. The number of aryl methyl sites for hydroxylation is 1. The fourth-order valence-corrected chi connectivity index (χ4v) is 2.80. The highest BCUT2D eigenvalue weighted by Gasteiger charge is 2.26. The smallest absolute Gasteiger partial charge is 0.122 e. The van der Waals surface area contributed by atoms with Crippen molar-refractivity contribution in [2.24, 2.45) is 5.73 Å². The van der Waals surface area contributed by atoms with Crippen molar-refractivity contribution in [2.45, 2.75) is 44.6 Å². The second-order valence-electron chi connectivity index (χ2n) is 6.17. The summed E-state index contributed by atoms with van der Waals surface area (Å²) in [5.74, 6) is 0.774. The van der Waals surface area contributed by atoms with E-state index in [0.29, 0.717) is 12.2 Å². The number of nitrogens with two attached hydrogens (primary N) is 1. The van der Waals surface area contributed by atoms with E-state index in [-0.39, 0.29) is 18.8 Å². The van der Waals surface area contributed by atoms with E-state index in [1.54, 1.807) is 10.9 Å². The van der Waals surface area contributed by atoms with Crippen molar-refractivity contribution < 1.29 is 14.6 Å². The Morgan fingerprint density at radius 2 is 2.29 bits per heavy atom. The van der Waals surface area contributed by atoms with E-state index in [2.05, 4.69) is 10.3 Å². The highest BCUT2D eigenvalue weighted by molar-refractivity contribution is 5.31. The molecule has 0 aliphatic carbocycles. The predicted molar refractivity (Wildman–Crippen MR) is 88.6 cm³/mol. The van der Waals surface area contributed by atoms with Gasteiger partial charge in [0.1, 0.15) is 24.2 Å². The maximum atomic E-state index is 10.1. The van der Waals surface area contributed by atoms with Crippen molar-refractivity contribution >= 4 is 0 Å². The molecule has 0 bridgehead atoms. The average Bonchev–Trinajstić information content (AvgIpc) is 3.25. The van der Waals surface area contributed by atoms with Crippen molar-refractivity contribution in [3.63, 3.8) is 0 Å². The van der Waals surface area contributed by atoms with E-state index in [1.165, 1.54) is 0 Å². The van der Waals surface area contributed by atoms with Crippen LogP contribution in [0, 0.1) is 6.92 Å². The van der Waals surface area contributed by atoms with Crippen LogP contribution in [0.5, 0.6) is 5.75 Å². The molecule has 3 atom stereocenters. The molecule has 3 unspecified atom stereocenters. The van der Waals surface area contributed by atoms with Crippen LogP contribution < -0.4 is 10.5 Å². The highest BCUT2D eigenvalue weighted by atomic mass is 16.5. The molecule has 1 aromatic carbocycles. The molecule has 1 fully saturated rings. The standard InChI is InChI=1S/C17H24N4O3/c1-12-5-2-3-6-15(12)24-11-13(22)9-21-10-14(19-20-21)17(18)16-7-4-8-23-16/h2-3,5-6,10,13,16-17,22H,4,7-9,11,18H2,1H3. The number of ether oxygens (including phenoxy) is 2. The van der Waals surface area contributed by atoms with Gasteiger partial charge in [-0.1, -0.05) is 23.4 Å². The van der Waals surface area contributed by atoms with Crippen molar-refractivity contribution in [3.8, 4) is 5.75 Å². The van der Waals surface area contributed by atoms with Gasteiger partial charge in [-0.25, -0.2) is 4.68 Å². The Bertz CT molecular complexity index is 655. The number of aliphatic hydroxyl groups is 1. The van der Waals surface area contributed by atoms with Gasteiger partial charge >= 0.3 is 0 Å². The molecule has 24 heavy (non-hydrogen) atoms. The van der Waals surface area contributed by atoms with Crippen LogP contribution in [0.2, 0.25) is 0 Å². The number of rotatable bonds is 7. The maximum absolute atomic E-state index is 10.1. The number of para-hydroxylation sites is 1. The van der Waals surface area contributed by atoms with Gasteiger partial charge in [0.2, 0.25) is 0 Å². The molecule has 1 aromatic heterocycles. The molecular weight excluding hydrogens is 308 g/mol. The van der Waals surface area contributed by atoms with Gasteiger partial charge in [0.25, 0.3) is 0 Å². The quantitative estimate of drug-likeness (QED) is 0.791. The Morgan fingerprint density at radius 3 is 3.04 bits per heavy atom. The molecule has 130 valence electrons. The fraction of sp³-hybridized carbons (Fsp3) is 0.529.